The number of rotatable bonds is 0. The fraction of sp³-hybridized carbons (Fsp3) is 1.00. The molecule has 0 aromatic heterocycles. The minimum absolute atomic E-state index is 0.259. The van der Waals surface area contributed by atoms with Gasteiger partial charge in [0.05, 0.1) is 11.7 Å². The van der Waals surface area contributed by atoms with Gasteiger partial charge in [0.1, 0.15) is 0 Å². The molecule has 1 saturated carbocycles. The summed E-state index contributed by atoms with van der Waals surface area (Å²) in [5, 5.41) is 18.1. The third-order valence-corrected chi connectivity index (χ3v) is 1.69. The van der Waals surface area contributed by atoms with Gasteiger partial charge in [0, 0.05) is 6.42 Å². The van der Waals surface area contributed by atoms with Crippen molar-refractivity contribution < 1.29 is 10.2 Å². The van der Waals surface area contributed by atoms with Crippen LogP contribution in [0.15, 0.2) is 0 Å². The van der Waals surface area contributed by atoms with Crippen LogP contribution in [-0.4, -0.2) is 21.9 Å². The Labute approximate surface area is 49.1 Å². The van der Waals surface area contributed by atoms with Crippen LogP contribution in [0.4, 0.5) is 0 Å². The van der Waals surface area contributed by atoms with Crippen molar-refractivity contribution in [3.63, 3.8) is 0 Å². The lowest BCUT2D eigenvalue weighted by Gasteiger charge is -2.13. The van der Waals surface area contributed by atoms with E-state index in [0.717, 1.165) is 12.8 Å². The number of aliphatic hydroxyl groups excluding tert-OH is 1. The average molecular weight is 116 g/mol. The molecule has 2 nitrogen and oxygen atoms in total. The van der Waals surface area contributed by atoms with Gasteiger partial charge in [-0.15, -0.1) is 0 Å². The zero-order valence-corrected chi connectivity index (χ0v) is 5.09. The van der Waals surface area contributed by atoms with Crippen molar-refractivity contribution in [2.24, 2.45) is 0 Å². The van der Waals surface area contributed by atoms with Gasteiger partial charge in [0.15, 0.2) is 0 Å². The van der Waals surface area contributed by atoms with Crippen LogP contribution in [-0.2, 0) is 0 Å². The lowest BCUT2D eigenvalue weighted by Crippen LogP contribution is -2.19. The molecule has 0 aliphatic heterocycles. The maximum atomic E-state index is 9.20. The molecule has 1 rings (SSSR count). The summed E-state index contributed by atoms with van der Waals surface area (Å²) >= 11 is 0. The van der Waals surface area contributed by atoms with E-state index in [4.69, 9.17) is 5.11 Å². The fourth-order valence-electron chi connectivity index (χ4n) is 1.19. The molecule has 1 fully saturated rings. The Morgan fingerprint density at radius 1 is 1.62 bits per heavy atom. The van der Waals surface area contributed by atoms with Crippen molar-refractivity contribution in [3.8, 4) is 0 Å². The number of aliphatic hydroxyl groups is 2. The molecule has 48 valence electrons. The molecule has 2 unspecified atom stereocenters. The van der Waals surface area contributed by atoms with Gasteiger partial charge in [-0.2, -0.15) is 0 Å². The van der Waals surface area contributed by atoms with Crippen molar-refractivity contribution >= 4 is 0 Å². The maximum Gasteiger partial charge on any atom is 0.0645 e. The van der Waals surface area contributed by atoms with E-state index in [1.165, 1.54) is 0 Å². The number of hydrogen-bond acceptors (Lipinski definition) is 2. The summed E-state index contributed by atoms with van der Waals surface area (Å²) in [6.45, 7) is 1.77. The van der Waals surface area contributed by atoms with E-state index in [0.29, 0.717) is 6.42 Å². The summed E-state index contributed by atoms with van der Waals surface area (Å²) in [6.07, 6.45) is 1.79. The third kappa shape index (κ3) is 1.20. The molecule has 1 aliphatic carbocycles. The Balaban J connectivity index is 2.44. The molecular formula is C6H12O2. The predicted molar refractivity (Wildman–Crippen MR) is 30.5 cm³/mol. The van der Waals surface area contributed by atoms with E-state index in [1.807, 2.05) is 0 Å². The highest BCUT2D eigenvalue weighted by Gasteiger charge is 2.31. The second kappa shape index (κ2) is 1.71. The molecule has 8 heavy (non-hydrogen) atoms. The SMILES string of the molecule is CC1(O)CCC(O)C1. The summed E-state index contributed by atoms with van der Waals surface area (Å²) in [5.74, 6) is 0. The van der Waals surface area contributed by atoms with E-state index >= 15 is 0 Å². The van der Waals surface area contributed by atoms with Gasteiger partial charge in [-0.25, -0.2) is 0 Å². The van der Waals surface area contributed by atoms with E-state index < -0.39 is 5.60 Å². The van der Waals surface area contributed by atoms with Gasteiger partial charge in [-0.3, -0.25) is 0 Å². The Bertz CT molecular complexity index is 88.5. The summed E-state index contributed by atoms with van der Waals surface area (Å²) in [7, 11) is 0. The molecule has 0 saturated heterocycles. The Morgan fingerprint density at radius 3 is 2.38 bits per heavy atom. The van der Waals surface area contributed by atoms with Crippen LogP contribution in [0.1, 0.15) is 26.2 Å². The fourth-order valence-corrected chi connectivity index (χ4v) is 1.19. The van der Waals surface area contributed by atoms with Gasteiger partial charge in [-0.05, 0) is 19.8 Å². The van der Waals surface area contributed by atoms with Gasteiger partial charge in [-0.1, -0.05) is 0 Å². The highest BCUT2D eigenvalue weighted by molar-refractivity contribution is 4.84. The van der Waals surface area contributed by atoms with Crippen LogP contribution in [0.2, 0.25) is 0 Å². The zero-order chi connectivity index (χ0) is 6.20. The van der Waals surface area contributed by atoms with Crippen molar-refractivity contribution in [3.05, 3.63) is 0 Å². The summed E-state index contributed by atoms with van der Waals surface area (Å²) < 4.78 is 0. The van der Waals surface area contributed by atoms with Crippen LogP contribution >= 0.6 is 0 Å². The second-order valence-corrected chi connectivity index (χ2v) is 2.89. The molecule has 2 atom stereocenters. The lowest BCUT2D eigenvalue weighted by molar-refractivity contribution is 0.0505. The minimum Gasteiger partial charge on any atom is -0.393 e. The van der Waals surface area contributed by atoms with Crippen molar-refractivity contribution in [2.45, 2.75) is 37.9 Å². The van der Waals surface area contributed by atoms with Crippen LogP contribution < -0.4 is 0 Å². The molecule has 0 spiro atoms. The first kappa shape index (κ1) is 6.05. The Kier molecular flexibility index (Phi) is 1.29. The first-order valence-corrected chi connectivity index (χ1v) is 3.01. The molecular weight excluding hydrogens is 104 g/mol. The van der Waals surface area contributed by atoms with Crippen LogP contribution in [0.25, 0.3) is 0 Å². The normalized spacial score (nSPS) is 47.6. The lowest BCUT2D eigenvalue weighted by atomic mass is 10.1. The topological polar surface area (TPSA) is 40.5 Å². The monoisotopic (exact) mass is 116 g/mol. The molecule has 0 aromatic carbocycles. The molecule has 2 N–H and O–H groups in total. The van der Waals surface area contributed by atoms with Crippen molar-refractivity contribution in [2.75, 3.05) is 0 Å². The van der Waals surface area contributed by atoms with Gasteiger partial charge < -0.3 is 10.2 Å². The smallest absolute Gasteiger partial charge is 0.0645 e. The molecule has 0 heterocycles. The van der Waals surface area contributed by atoms with Gasteiger partial charge >= 0.3 is 0 Å². The minimum atomic E-state index is -0.584. The van der Waals surface area contributed by atoms with Gasteiger partial charge in [0.25, 0.3) is 0 Å². The van der Waals surface area contributed by atoms with E-state index in [-0.39, 0.29) is 6.10 Å². The summed E-state index contributed by atoms with van der Waals surface area (Å²) in [4.78, 5) is 0. The van der Waals surface area contributed by atoms with Crippen molar-refractivity contribution in [1.82, 2.24) is 0 Å². The Hall–Kier alpha value is -0.0800. The zero-order valence-electron chi connectivity index (χ0n) is 5.09. The molecule has 2 heteroatoms. The first-order valence-electron chi connectivity index (χ1n) is 3.01. The van der Waals surface area contributed by atoms with E-state index in [2.05, 4.69) is 0 Å². The third-order valence-electron chi connectivity index (χ3n) is 1.69. The average Bonchev–Trinajstić information content (AvgIpc) is 1.82. The molecule has 0 amide bonds. The molecule has 0 radical (unpaired) electrons. The largest absolute Gasteiger partial charge is 0.393 e. The highest BCUT2D eigenvalue weighted by Crippen LogP contribution is 2.28. The molecule has 0 bridgehead atoms. The van der Waals surface area contributed by atoms with Crippen molar-refractivity contribution in [1.29, 1.82) is 0 Å². The van der Waals surface area contributed by atoms with Crippen LogP contribution in [0, 0.1) is 0 Å². The second-order valence-electron chi connectivity index (χ2n) is 2.89. The Morgan fingerprint density at radius 2 is 2.25 bits per heavy atom. The maximum absolute atomic E-state index is 9.20. The predicted octanol–water partition coefficient (Wildman–Crippen LogP) is 0.282. The molecule has 1 aliphatic rings. The standard InChI is InChI=1S/C6H12O2/c1-6(8)3-2-5(7)4-6/h5,7-8H,2-4H2,1H3. The first-order chi connectivity index (χ1) is 3.60. The van der Waals surface area contributed by atoms with Gasteiger partial charge in [0.2, 0.25) is 0 Å². The summed E-state index contributed by atoms with van der Waals surface area (Å²) in [6, 6.07) is 0. The molecule has 0 aromatic rings. The quantitative estimate of drug-likeness (QED) is 0.477. The number of hydrogen-bond donors (Lipinski definition) is 2. The summed E-state index contributed by atoms with van der Waals surface area (Å²) in [5.41, 5.74) is -0.584. The van der Waals surface area contributed by atoms with E-state index in [1.54, 1.807) is 6.92 Å². The van der Waals surface area contributed by atoms with E-state index in [9.17, 15) is 5.11 Å². The highest BCUT2D eigenvalue weighted by atomic mass is 16.3. The van der Waals surface area contributed by atoms with Crippen LogP contribution in [0.3, 0.4) is 0 Å². The van der Waals surface area contributed by atoms with Crippen LogP contribution in [0.5, 0.6) is 0 Å².